The SMILES string of the molecule is CCCSc1ccccc1C(=O)Nc1nnc(CCNS(=O)(=O)c2ccc(C)cc2)s1. The summed E-state index contributed by atoms with van der Waals surface area (Å²) >= 11 is 2.88. The molecule has 1 heterocycles. The van der Waals surface area contributed by atoms with Crippen molar-refractivity contribution in [3.63, 3.8) is 0 Å². The fraction of sp³-hybridized carbons (Fsp3) is 0.286. The molecule has 0 unspecified atom stereocenters. The molecule has 7 nitrogen and oxygen atoms in total. The molecular formula is C21H24N4O3S3. The van der Waals surface area contributed by atoms with Crippen LogP contribution in [0.25, 0.3) is 0 Å². The van der Waals surface area contributed by atoms with Gasteiger partial charge in [-0.3, -0.25) is 10.1 Å². The van der Waals surface area contributed by atoms with Crippen LogP contribution >= 0.6 is 23.1 Å². The van der Waals surface area contributed by atoms with Gasteiger partial charge in [-0.25, -0.2) is 13.1 Å². The Morgan fingerprint density at radius 3 is 2.58 bits per heavy atom. The van der Waals surface area contributed by atoms with Gasteiger partial charge in [0.05, 0.1) is 10.5 Å². The van der Waals surface area contributed by atoms with E-state index in [0.717, 1.165) is 22.6 Å². The highest BCUT2D eigenvalue weighted by Gasteiger charge is 2.16. The molecule has 31 heavy (non-hydrogen) atoms. The van der Waals surface area contributed by atoms with E-state index in [9.17, 15) is 13.2 Å². The minimum atomic E-state index is -3.57. The first-order chi connectivity index (χ1) is 14.9. The van der Waals surface area contributed by atoms with E-state index in [4.69, 9.17) is 0 Å². The fourth-order valence-electron chi connectivity index (χ4n) is 2.65. The maximum absolute atomic E-state index is 12.7. The molecule has 2 aromatic carbocycles. The van der Waals surface area contributed by atoms with Crippen LogP contribution in [-0.4, -0.2) is 36.8 Å². The average Bonchev–Trinajstić information content (AvgIpc) is 3.19. The van der Waals surface area contributed by atoms with Gasteiger partial charge in [0.15, 0.2) is 0 Å². The van der Waals surface area contributed by atoms with E-state index in [1.54, 1.807) is 42.1 Å². The number of sulfonamides is 1. The molecular weight excluding hydrogens is 452 g/mol. The Morgan fingerprint density at radius 1 is 1.10 bits per heavy atom. The van der Waals surface area contributed by atoms with Crippen molar-refractivity contribution in [3.05, 3.63) is 64.7 Å². The lowest BCUT2D eigenvalue weighted by atomic mass is 10.2. The van der Waals surface area contributed by atoms with Crippen LogP contribution in [0.1, 0.15) is 34.3 Å². The minimum Gasteiger partial charge on any atom is -0.296 e. The molecule has 164 valence electrons. The van der Waals surface area contributed by atoms with Crippen molar-refractivity contribution in [2.75, 3.05) is 17.6 Å². The molecule has 0 fully saturated rings. The highest BCUT2D eigenvalue weighted by Crippen LogP contribution is 2.25. The lowest BCUT2D eigenvalue weighted by Crippen LogP contribution is -2.25. The number of amides is 1. The van der Waals surface area contributed by atoms with Crippen LogP contribution < -0.4 is 10.0 Å². The molecule has 0 saturated carbocycles. The van der Waals surface area contributed by atoms with Crippen LogP contribution in [0.5, 0.6) is 0 Å². The van der Waals surface area contributed by atoms with Crippen molar-refractivity contribution < 1.29 is 13.2 Å². The molecule has 2 N–H and O–H groups in total. The summed E-state index contributed by atoms with van der Waals surface area (Å²) in [6.07, 6.45) is 1.40. The number of nitrogens with zero attached hydrogens (tertiary/aromatic N) is 2. The van der Waals surface area contributed by atoms with Crippen molar-refractivity contribution in [2.45, 2.75) is 36.5 Å². The van der Waals surface area contributed by atoms with Crippen molar-refractivity contribution in [2.24, 2.45) is 0 Å². The van der Waals surface area contributed by atoms with Crippen LogP contribution in [-0.2, 0) is 16.4 Å². The molecule has 3 aromatic rings. The number of hydrogen-bond donors (Lipinski definition) is 2. The van der Waals surface area contributed by atoms with Gasteiger partial charge in [-0.15, -0.1) is 22.0 Å². The van der Waals surface area contributed by atoms with Crippen LogP contribution in [0, 0.1) is 6.92 Å². The summed E-state index contributed by atoms with van der Waals surface area (Å²) in [5, 5.41) is 11.9. The number of carbonyl (C=O) groups is 1. The molecule has 0 aliphatic carbocycles. The van der Waals surface area contributed by atoms with Gasteiger partial charge in [-0.2, -0.15) is 0 Å². The molecule has 1 aromatic heterocycles. The van der Waals surface area contributed by atoms with E-state index >= 15 is 0 Å². The van der Waals surface area contributed by atoms with Crippen molar-refractivity contribution >= 4 is 44.2 Å². The monoisotopic (exact) mass is 476 g/mol. The van der Waals surface area contributed by atoms with Crippen LogP contribution in [0.2, 0.25) is 0 Å². The highest BCUT2D eigenvalue weighted by molar-refractivity contribution is 7.99. The Bertz CT molecular complexity index is 1130. The molecule has 10 heteroatoms. The summed E-state index contributed by atoms with van der Waals surface area (Å²) in [6, 6.07) is 14.1. The second-order valence-electron chi connectivity index (χ2n) is 6.76. The number of hydrogen-bond acceptors (Lipinski definition) is 7. The second-order valence-corrected chi connectivity index (χ2v) is 10.7. The predicted molar refractivity (Wildman–Crippen MR) is 125 cm³/mol. The van der Waals surface area contributed by atoms with E-state index in [1.807, 2.05) is 25.1 Å². The summed E-state index contributed by atoms with van der Waals surface area (Å²) in [5.74, 6) is 0.702. The molecule has 0 spiro atoms. The molecule has 1 amide bonds. The molecule has 0 aliphatic heterocycles. The number of aromatic nitrogens is 2. The molecule has 0 bridgehead atoms. The van der Waals surface area contributed by atoms with Crippen molar-refractivity contribution in [3.8, 4) is 0 Å². The first-order valence-electron chi connectivity index (χ1n) is 9.81. The molecule has 0 aliphatic rings. The van der Waals surface area contributed by atoms with Crippen LogP contribution in [0.4, 0.5) is 5.13 Å². The van der Waals surface area contributed by atoms with Gasteiger partial charge < -0.3 is 0 Å². The quantitative estimate of drug-likeness (QED) is 0.427. The third kappa shape index (κ3) is 6.60. The predicted octanol–water partition coefficient (Wildman–Crippen LogP) is 4.12. The Morgan fingerprint density at radius 2 is 1.84 bits per heavy atom. The van der Waals surface area contributed by atoms with Crippen molar-refractivity contribution in [1.29, 1.82) is 0 Å². The molecule has 0 radical (unpaired) electrons. The third-order valence-corrected chi connectivity index (χ3v) is 7.90. The zero-order chi connectivity index (χ0) is 22.3. The van der Waals surface area contributed by atoms with E-state index in [1.165, 1.54) is 11.3 Å². The molecule has 0 saturated heterocycles. The fourth-order valence-corrected chi connectivity index (χ4v) is 5.34. The van der Waals surface area contributed by atoms with Crippen LogP contribution in [0.3, 0.4) is 0 Å². The summed E-state index contributed by atoms with van der Waals surface area (Å²) in [4.78, 5) is 13.8. The van der Waals surface area contributed by atoms with Gasteiger partial charge in [0.1, 0.15) is 5.01 Å². The highest BCUT2D eigenvalue weighted by atomic mass is 32.2. The number of rotatable bonds is 10. The van der Waals surface area contributed by atoms with Gasteiger partial charge in [0.2, 0.25) is 15.2 Å². The minimum absolute atomic E-state index is 0.190. The van der Waals surface area contributed by atoms with Gasteiger partial charge in [-0.1, -0.05) is 48.1 Å². The summed E-state index contributed by atoms with van der Waals surface area (Å²) in [6.45, 7) is 4.19. The second kappa shape index (κ2) is 10.9. The number of nitrogens with one attached hydrogen (secondary N) is 2. The Labute approximate surface area is 190 Å². The van der Waals surface area contributed by atoms with E-state index < -0.39 is 10.0 Å². The summed E-state index contributed by atoms with van der Waals surface area (Å²) < 4.78 is 27.3. The van der Waals surface area contributed by atoms with Gasteiger partial charge in [0.25, 0.3) is 5.91 Å². The zero-order valence-electron chi connectivity index (χ0n) is 17.3. The Balaban J connectivity index is 1.56. The largest absolute Gasteiger partial charge is 0.296 e. The number of carbonyl (C=O) groups excluding carboxylic acids is 1. The maximum Gasteiger partial charge on any atom is 0.258 e. The Kier molecular flexibility index (Phi) is 8.19. The lowest BCUT2D eigenvalue weighted by molar-refractivity contribution is 0.102. The van der Waals surface area contributed by atoms with Gasteiger partial charge in [-0.05, 0) is 43.4 Å². The van der Waals surface area contributed by atoms with E-state index in [2.05, 4.69) is 27.2 Å². The number of benzene rings is 2. The van der Waals surface area contributed by atoms with Gasteiger partial charge >= 0.3 is 0 Å². The number of aryl methyl sites for hydroxylation is 1. The van der Waals surface area contributed by atoms with E-state index in [-0.39, 0.29) is 17.3 Å². The first-order valence-corrected chi connectivity index (χ1v) is 13.1. The van der Waals surface area contributed by atoms with Crippen LogP contribution in [0.15, 0.2) is 58.3 Å². The third-order valence-electron chi connectivity index (χ3n) is 4.24. The molecule has 3 rings (SSSR count). The summed E-state index contributed by atoms with van der Waals surface area (Å²) in [5.41, 5.74) is 1.59. The topological polar surface area (TPSA) is 101 Å². The standard InChI is InChI=1S/C21H24N4O3S3/c1-3-14-29-18-7-5-4-6-17(18)20(26)23-21-25-24-19(30-21)12-13-22-31(27,28)16-10-8-15(2)9-11-16/h4-11,22H,3,12-14H2,1-2H3,(H,23,25,26). The van der Waals surface area contributed by atoms with Gasteiger partial charge in [0, 0.05) is 17.9 Å². The van der Waals surface area contributed by atoms with Crippen molar-refractivity contribution in [1.82, 2.24) is 14.9 Å². The zero-order valence-corrected chi connectivity index (χ0v) is 19.7. The smallest absolute Gasteiger partial charge is 0.258 e. The summed E-state index contributed by atoms with van der Waals surface area (Å²) in [7, 11) is -3.57. The van der Waals surface area contributed by atoms with E-state index in [0.29, 0.717) is 22.1 Å². The lowest BCUT2D eigenvalue weighted by Gasteiger charge is -2.07. The normalized spacial score (nSPS) is 11.4. The maximum atomic E-state index is 12.7. The number of thioether (sulfide) groups is 1. The average molecular weight is 477 g/mol. The Hall–Kier alpha value is -2.27. The first kappa shape index (κ1) is 23.4. The molecule has 0 atom stereocenters. The number of anilines is 1.